The zero-order valence-electron chi connectivity index (χ0n) is 12.2. The van der Waals surface area contributed by atoms with Crippen molar-refractivity contribution in [3.63, 3.8) is 0 Å². The number of hydrogen-bond acceptors (Lipinski definition) is 2. The summed E-state index contributed by atoms with van der Waals surface area (Å²) in [4.78, 5) is 2.25. The summed E-state index contributed by atoms with van der Waals surface area (Å²) in [6, 6.07) is 25.5. The first-order chi connectivity index (χ1) is 10.3. The summed E-state index contributed by atoms with van der Waals surface area (Å²) in [6.07, 6.45) is 0. The van der Waals surface area contributed by atoms with Crippen LogP contribution >= 0.6 is 0 Å². The van der Waals surface area contributed by atoms with Crippen molar-refractivity contribution in [1.82, 2.24) is 0 Å². The van der Waals surface area contributed by atoms with Crippen molar-refractivity contribution in [3.05, 3.63) is 78.4 Å². The van der Waals surface area contributed by atoms with E-state index in [1.54, 1.807) is 0 Å². The van der Waals surface area contributed by atoms with Crippen molar-refractivity contribution in [2.45, 2.75) is 6.04 Å². The first-order valence-corrected chi connectivity index (χ1v) is 7.27. The zero-order valence-corrected chi connectivity index (χ0v) is 12.2. The molecule has 0 spiro atoms. The highest BCUT2D eigenvalue weighted by Crippen LogP contribution is 2.30. The van der Waals surface area contributed by atoms with Crippen LogP contribution in [-0.2, 0) is 0 Å². The van der Waals surface area contributed by atoms with Gasteiger partial charge in [-0.15, -0.1) is 0 Å². The maximum Gasteiger partial charge on any atom is 0.0667 e. The summed E-state index contributed by atoms with van der Waals surface area (Å²) in [7, 11) is 2.11. The molecule has 0 aliphatic rings. The van der Waals surface area contributed by atoms with Crippen molar-refractivity contribution in [2.75, 3.05) is 18.5 Å². The van der Waals surface area contributed by atoms with E-state index in [4.69, 9.17) is 5.73 Å². The number of rotatable bonds is 4. The van der Waals surface area contributed by atoms with Gasteiger partial charge in [-0.3, -0.25) is 0 Å². The third-order valence-corrected chi connectivity index (χ3v) is 4.04. The van der Waals surface area contributed by atoms with Gasteiger partial charge >= 0.3 is 0 Å². The standard InChI is InChI=1S/C19H20N2/c1-21(16-10-3-2-4-11-16)19(14-20)18-13-7-9-15-8-5-6-12-17(15)18/h2-13,19H,14,20H2,1H3. The molecule has 2 nitrogen and oxygen atoms in total. The Morgan fingerprint density at radius 3 is 2.29 bits per heavy atom. The van der Waals surface area contributed by atoms with Crippen LogP contribution in [-0.4, -0.2) is 13.6 Å². The molecule has 0 amide bonds. The number of hydrogen-bond donors (Lipinski definition) is 1. The highest BCUT2D eigenvalue weighted by molar-refractivity contribution is 5.86. The van der Waals surface area contributed by atoms with E-state index in [9.17, 15) is 0 Å². The molecular formula is C19H20N2. The molecule has 21 heavy (non-hydrogen) atoms. The Morgan fingerprint density at radius 2 is 1.52 bits per heavy atom. The number of nitrogens with two attached hydrogens (primary N) is 1. The van der Waals surface area contributed by atoms with Gasteiger partial charge in [-0.1, -0.05) is 60.7 Å². The minimum atomic E-state index is 0.165. The van der Waals surface area contributed by atoms with Crippen LogP contribution in [0, 0.1) is 0 Å². The lowest BCUT2D eigenvalue weighted by Crippen LogP contribution is -2.30. The lowest BCUT2D eigenvalue weighted by atomic mass is 9.97. The van der Waals surface area contributed by atoms with Crippen LogP contribution in [0.25, 0.3) is 10.8 Å². The molecule has 0 aliphatic heterocycles. The van der Waals surface area contributed by atoms with Crippen molar-refractivity contribution in [1.29, 1.82) is 0 Å². The summed E-state index contributed by atoms with van der Waals surface area (Å²) < 4.78 is 0. The van der Waals surface area contributed by atoms with E-state index in [1.807, 2.05) is 6.07 Å². The van der Waals surface area contributed by atoms with Gasteiger partial charge in [-0.25, -0.2) is 0 Å². The smallest absolute Gasteiger partial charge is 0.0667 e. The quantitative estimate of drug-likeness (QED) is 0.781. The van der Waals surface area contributed by atoms with Gasteiger partial charge in [0.15, 0.2) is 0 Å². The summed E-state index contributed by atoms with van der Waals surface area (Å²) in [5.41, 5.74) is 8.55. The lowest BCUT2D eigenvalue weighted by Gasteiger charge is -2.30. The Kier molecular flexibility index (Phi) is 3.89. The fourth-order valence-electron chi connectivity index (χ4n) is 2.88. The van der Waals surface area contributed by atoms with Gasteiger partial charge < -0.3 is 10.6 Å². The number of para-hydroxylation sites is 1. The zero-order chi connectivity index (χ0) is 14.7. The van der Waals surface area contributed by atoms with Gasteiger partial charge in [0.05, 0.1) is 6.04 Å². The predicted octanol–water partition coefficient (Wildman–Crippen LogP) is 3.98. The molecule has 0 aromatic heterocycles. The van der Waals surface area contributed by atoms with Gasteiger partial charge in [-0.05, 0) is 28.5 Å². The lowest BCUT2D eigenvalue weighted by molar-refractivity contribution is 0.686. The second-order valence-corrected chi connectivity index (χ2v) is 5.27. The Bertz CT molecular complexity index is 716. The SMILES string of the molecule is CN(c1ccccc1)C(CN)c1cccc2ccccc12. The van der Waals surface area contributed by atoms with E-state index < -0.39 is 0 Å². The van der Waals surface area contributed by atoms with Crippen molar-refractivity contribution in [3.8, 4) is 0 Å². The van der Waals surface area contributed by atoms with Gasteiger partial charge in [0.2, 0.25) is 0 Å². The Balaban J connectivity index is 2.06. The Morgan fingerprint density at radius 1 is 0.857 bits per heavy atom. The summed E-state index contributed by atoms with van der Waals surface area (Å²) in [5, 5.41) is 2.54. The molecule has 3 rings (SSSR count). The van der Waals surface area contributed by atoms with Crippen LogP contribution in [0.2, 0.25) is 0 Å². The summed E-state index contributed by atoms with van der Waals surface area (Å²) in [6.45, 7) is 0.583. The minimum absolute atomic E-state index is 0.165. The second-order valence-electron chi connectivity index (χ2n) is 5.27. The van der Waals surface area contributed by atoms with E-state index in [-0.39, 0.29) is 6.04 Å². The molecule has 0 bridgehead atoms. The third kappa shape index (κ3) is 2.63. The summed E-state index contributed by atoms with van der Waals surface area (Å²) >= 11 is 0. The molecule has 0 saturated carbocycles. The first kappa shape index (κ1) is 13.7. The molecule has 1 atom stereocenters. The number of fused-ring (bicyclic) bond motifs is 1. The van der Waals surface area contributed by atoms with Crippen LogP contribution in [0.15, 0.2) is 72.8 Å². The van der Waals surface area contributed by atoms with Crippen LogP contribution < -0.4 is 10.6 Å². The fourth-order valence-corrected chi connectivity index (χ4v) is 2.88. The van der Waals surface area contributed by atoms with Crippen LogP contribution in [0.1, 0.15) is 11.6 Å². The number of anilines is 1. The highest BCUT2D eigenvalue weighted by Gasteiger charge is 2.17. The molecule has 2 N–H and O–H groups in total. The van der Waals surface area contributed by atoms with Crippen LogP contribution in [0.4, 0.5) is 5.69 Å². The maximum atomic E-state index is 6.09. The topological polar surface area (TPSA) is 29.3 Å². The molecule has 0 saturated heterocycles. The van der Waals surface area contributed by atoms with E-state index in [0.29, 0.717) is 6.54 Å². The Labute approximate surface area is 125 Å². The van der Waals surface area contributed by atoms with E-state index in [0.717, 1.165) is 0 Å². The van der Waals surface area contributed by atoms with Gasteiger partial charge in [0.1, 0.15) is 0 Å². The van der Waals surface area contributed by atoms with E-state index in [1.165, 1.54) is 22.0 Å². The van der Waals surface area contributed by atoms with Crippen molar-refractivity contribution < 1.29 is 0 Å². The molecule has 3 aromatic rings. The molecule has 106 valence electrons. The predicted molar refractivity (Wildman–Crippen MR) is 90.6 cm³/mol. The molecule has 3 aromatic carbocycles. The highest BCUT2D eigenvalue weighted by atomic mass is 15.1. The maximum absolute atomic E-state index is 6.09. The van der Waals surface area contributed by atoms with Crippen molar-refractivity contribution >= 4 is 16.5 Å². The van der Waals surface area contributed by atoms with Gasteiger partial charge in [0, 0.05) is 19.3 Å². The summed E-state index contributed by atoms with van der Waals surface area (Å²) in [5.74, 6) is 0. The molecule has 0 radical (unpaired) electrons. The van der Waals surface area contributed by atoms with E-state index in [2.05, 4.69) is 78.7 Å². The first-order valence-electron chi connectivity index (χ1n) is 7.27. The second kappa shape index (κ2) is 5.98. The third-order valence-electron chi connectivity index (χ3n) is 4.04. The molecular weight excluding hydrogens is 256 g/mol. The fraction of sp³-hybridized carbons (Fsp3) is 0.158. The molecule has 0 heterocycles. The average Bonchev–Trinajstić information content (AvgIpc) is 2.56. The molecule has 0 fully saturated rings. The molecule has 1 unspecified atom stereocenters. The molecule has 0 aliphatic carbocycles. The minimum Gasteiger partial charge on any atom is -0.366 e. The van der Waals surface area contributed by atoms with Gasteiger partial charge in [0.25, 0.3) is 0 Å². The van der Waals surface area contributed by atoms with Crippen LogP contribution in [0.3, 0.4) is 0 Å². The van der Waals surface area contributed by atoms with Gasteiger partial charge in [-0.2, -0.15) is 0 Å². The average molecular weight is 276 g/mol. The number of nitrogens with zero attached hydrogens (tertiary/aromatic N) is 1. The largest absolute Gasteiger partial charge is 0.366 e. The Hall–Kier alpha value is -2.32. The monoisotopic (exact) mass is 276 g/mol. The number of benzene rings is 3. The van der Waals surface area contributed by atoms with Crippen molar-refractivity contribution in [2.24, 2.45) is 5.73 Å². The van der Waals surface area contributed by atoms with Crippen LogP contribution in [0.5, 0.6) is 0 Å². The normalized spacial score (nSPS) is 12.3. The number of likely N-dealkylation sites (N-methyl/N-ethyl adjacent to an activating group) is 1. The van der Waals surface area contributed by atoms with E-state index >= 15 is 0 Å². The molecule has 2 heteroatoms.